The molecule has 1 N–H and O–H groups in total. The van der Waals surface area contributed by atoms with Crippen LogP contribution in [-0.2, 0) is 25.5 Å². The number of hydrogen-bond acceptors (Lipinski definition) is 7. The zero-order chi connectivity index (χ0) is 17.9. The largest absolute Gasteiger partial charge is 0.569 e. The van der Waals surface area contributed by atoms with Crippen molar-refractivity contribution in [1.82, 2.24) is 5.01 Å². The fourth-order valence-electron chi connectivity index (χ4n) is 1.70. The van der Waals surface area contributed by atoms with Gasteiger partial charge >= 0.3 is 12.1 Å². The summed E-state index contributed by atoms with van der Waals surface area (Å²) in [5.41, 5.74) is 0.747. The first kappa shape index (κ1) is 19.0. The minimum Gasteiger partial charge on any atom is -0.569 e. The number of hydrogen-bond donors (Lipinski definition) is 1. The van der Waals surface area contributed by atoms with Crippen molar-refractivity contribution in [3.05, 3.63) is 41.1 Å². The summed E-state index contributed by atoms with van der Waals surface area (Å²) in [7, 11) is 1.26. The summed E-state index contributed by atoms with van der Waals surface area (Å²) in [5, 5.41) is 25.0. The number of likely N-dealkylation sites (N-methyl/N-ethyl adjacent to an activating group) is 1. The second kappa shape index (κ2) is 9.87. The van der Waals surface area contributed by atoms with Crippen molar-refractivity contribution in [3.63, 3.8) is 0 Å². The first-order chi connectivity index (χ1) is 11.5. The van der Waals surface area contributed by atoms with E-state index < -0.39 is 25.0 Å². The Morgan fingerprint density at radius 1 is 1.33 bits per heavy atom. The van der Waals surface area contributed by atoms with E-state index in [1.165, 1.54) is 7.05 Å². The molecule has 24 heavy (non-hydrogen) atoms. The van der Waals surface area contributed by atoms with Gasteiger partial charge in [-0.15, -0.1) is 5.01 Å². The highest BCUT2D eigenvalue weighted by molar-refractivity contribution is 5.73. The van der Waals surface area contributed by atoms with Crippen LogP contribution >= 0.6 is 0 Å². The van der Waals surface area contributed by atoms with Gasteiger partial charge in [0.15, 0.2) is 6.04 Å². The van der Waals surface area contributed by atoms with E-state index in [-0.39, 0.29) is 18.0 Å². The molecular weight excluding hydrogens is 322 g/mol. The predicted molar refractivity (Wildman–Crippen MR) is 79.4 cm³/mol. The molecule has 0 bridgehead atoms. The molecule has 10 nitrogen and oxygen atoms in total. The molecule has 1 atom stereocenters. The molecule has 0 amide bonds. The summed E-state index contributed by atoms with van der Waals surface area (Å²) in [6.45, 7) is 1.09. The molecule has 0 aliphatic rings. The Hall–Kier alpha value is -3.04. The molecule has 0 saturated carbocycles. The summed E-state index contributed by atoms with van der Waals surface area (Å²) < 4.78 is 8.91. The van der Waals surface area contributed by atoms with E-state index in [1.807, 2.05) is 0 Å². The number of nitrogens with zero attached hydrogens (tertiary/aromatic N) is 3. The van der Waals surface area contributed by atoms with Crippen molar-refractivity contribution in [3.8, 4) is 0 Å². The highest BCUT2D eigenvalue weighted by Crippen LogP contribution is 2.09. The summed E-state index contributed by atoms with van der Waals surface area (Å²) in [5.74, 6) is -1.19. The van der Waals surface area contributed by atoms with E-state index in [0.29, 0.717) is 0 Å². The number of carbonyl (C=O) groups excluding carboxylic acids is 1. The van der Waals surface area contributed by atoms with E-state index in [1.54, 1.807) is 37.3 Å². The smallest absolute Gasteiger partial charge is 0.511 e. The average Bonchev–Trinajstić information content (AvgIpc) is 2.56. The van der Waals surface area contributed by atoms with Gasteiger partial charge in [-0.05, 0) is 12.5 Å². The zero-order valence-corrected chi connectivity index (χ0v) is 13.3. The van der Waals surface area contributed by atoms with Gasteiger partial charge in [-0.1, -0.05) is 30.3 Å². The standard InChI is InChI=1S/C14H19N3O7/c1-3-22-14(20)23-10-24-15-17(21)16(2)12(13(18)19)9-11-7-5-4-6-8-11/h4-8,12H,3,9-10H2,1-2H3,(H,18,19)/t12-/m0/s1. The van der Waals surface area contributed by atoms with Gasteiger partial charge in [-0.25, -0.2) is 9.59 Å². The van der Waals surface area contributed by atoms with Crippen LogP contribution in [0.25, 0.3) is 0 Å². The van der Waals surface area contributed by atoms with Gasteiger partial charge in [-0.3, -0.25) is 0 Å². The predicted octanol–water partition coefficient (Wildman–Crippen LogP) is 1.55. The molecule has 0 unspecified atom stereocenters. The Balaban J connectivity index is 2.59. The van der Waals surface area contributed by atoms with E-state index in [9.17, 15) is 19.9 Å². The lowest BCUT2D eigenvalue weighted by Gasteiger charge is -2.20. The quantitative estimate of drug-likeness (QED) is 0.179. The number of carboxylic acids is 1. The molecule has 0 heterocycles. The summed E-state index contributed by atoms with van der Waals surface area (Å²) in [4.78, 5) is 26.7. The Labute approximate surface area is 138 Å². The topological polar surface area (TPSA) is 124 Å². The highest BCUT2D eigenvalue weighted by Gasteiger charge is 2.29. The molecule has 1 rings (SSSR count). The third kappa shape index (κ3) is 6.38. The highest BCUT2D eigenvalue weighted by atomic mass is 16.8. The maximum absolute atomic E-state index is 11.8. The van der Waals surface area contributed by atoms with Gasteiger partial charge in [0.1, 0.15) is 0 Å². The average molecular weight is 341 g/mol. The summed E-state index contributed by atoms with van der Waals surface area (Å²) >= 11 is 0. The molecule has 0 aliphatic heterocycles. The van der Waals surface area contributed by atoms with Crippen LogP contribution in [0.3, 0.4) is 0 Å². The SMILES string of the molecule is CCOC(=O)OCON=[N+]([O-])N(C)[C@@H](Cc1ccccc1)C(=O)O. The zero-order valence-electron chi connectivity index (χ0n) is 13.3. The van der Waals surface area contributed by atoms with E-state index >= 15 is 0 Å². The molecule has 0 aliphatic carbocycles. The van der Waals surface area contributed by atoms with Crippen LogP contribution in [0.2, 0.25) is 0 Å². The number of rotatable bonds is 9. The van der Waals surface area contributed by atoms with Gasteiger partial charge in [0.05, 0.1) is 18.6 Å². The molecule has 1 aromatic rings. The third-order valence-corrected chi connectivity index (χ3v) is 2.90. The lowest BCUT2D eigenvalue weighted by atomic mass is 10.1. The van der Waals surface area contributed by atoms with Gasteiger partial charge < -0.3 is 24.6 Å². The van der Waals surface area contributed by atoms with Crippen LogP contribution in [0, 0.1) is 5.21 Å². The van der Waals surface area contributed by atoms with Crippen molar-refractivity contribution in [2.24, 2.45) is 5.28 Å². The maximum atomic E-state index is 11.8. The van der Waals surface area contributed by atoms with Crippen LogP contribution in [0.15, 0.2) is 35.6 Å². The molecule has 0 aromatic heterocycles. The Kier molecular flexibility index (Phi) is 7.82. The van der Waals surface area contributed by atoms with Crippen LogP contribution in [0.5, 0.6) is 0 Å². The molecule has 0 saturated heterocycles. The fraction of sp³-hybridized carbons (Fsp3) is 0.429. The maximum Gasteiger partial charge on any atom is 0.511 e. The first-order valence-corrected chi connectivity index (χ1v) is 7.04. The molecule has 0 fully saturated rings. The molecular formula is C14H19N3O7. The summed E-state index contributed by atoms with van der Waals surface area (Å²) in [6.07, 6.45) is -0.869. The van der Waals surface area contributed by atoms with Crippen LogP contribution in [-0.4, -0.2) is 53.7 Å². The number of benzene rings is 1. The van der Waals surface area contributed by atoms with Crippen molar-refractivity contribution in [2.45, 2.75) is 19.4 Å². The van der Waals surface area contributed by atoms with Gasteiger partial charge in [0.25, 0.3) is 6.79 Å². The number of carboxylic acid groups (broad SMARTS) is 1. The van der Waals surface area contributed by atoms with E-state index in [2.05, 4.69) is 19.6 Å². The second-order valence-corrected chi connectivity index (χ2v) is 4.53. The molecule has 0 spiro atoms. The minimum atomic E-state index is -1.19. The number of ether oxygens (including phenoxy) is 2. The molecule has 132 valence electrons. The van der Waals surface area contributed by atoms with Crippen molar-refractivity contribution >= 4 is 12.1 Å². The molecule has 1 aromatic carbocycles. The fourth-order valence-corrected chi connectivity index (χ4v) is 1.70. The van der Waals surface area contributed by atoms with Crippen LogP contribution in [0.4, 0.5) is 4.79 Å². The van der Waals surface area contributed by atoms with Crippen molar-refractivity contribution in [2.75, 3.05) is 20.4 Å². The Morgan fingerprint density at radius 3 is 2.58 bits per heavy atom. The Morgan fingerprint density at radius 2 is 2.00 bits per heavy atom. The number of hydrazine groups is 1. The monoisotopic (exact) mass is 341 g/mol. The molecule has 0 radical (unpaired) electrons. The lowest BCUT2D eigenvalue weighted by molar-refractivity contribution is -0.711. The van der Waals surface area contributed by atoms with Crippen molar-refractivity contribution in [1.29, 1.82) is 0 Å². The number of aliphatic carboxylic acids is 1. The Bertz CT molecular complexity index is 565. The minimum absolute atomic E-state index is 0.0315. The lowest BCUT2D eigenvalue weighted by Crippen LogP contribution is -2.44. The summed E-state index contributed by atoms with van der Waals surface area (Å²) in [6, 6.07) is 7.69. The van der Waals surface area contributed by atoms with Crippen molar-refractivity contribution < 1.29 is 34.0 Å². The van der Waals surface area contributed by atoms with E-state index in [4.69, 9.17) is 0 Å². The van der Waals surface area contributed by atoms with Gasteiger partial charge in [-0.2, -0.15) is 0 Å². The second-order valence-electron chi connectivity index (χ2n) is 4.53. The van der Waals surface area contributed by atoms with Gasteiger partial charge in [0.2, 0.25) is 5.28 Å². The normalized spacial score (nSPS) is 12.2. The third-order valence-electron chi connectivity index (χ3n) is 2.90. The van der Waals surface area contributed by atoms with E-state index in [0.717, 1.165) is 10.6 Å². The first-order valence-electron chi connectivity index (χ1n) is 7.04. The number of carbonyl (C=O) groups is 2. The van der Waals surface area contributed by atoms with Crippen LogP contribution in [0.1, 0.15) is 12.5 Å². The van der Waals surface area contributed by atoms with Crippen LogP contribution < -0.4 is 0 Å². The van der Waals surface area contributed by atoms with Gasteiger partial charge in [0, 0.05) is 6.42 Å². The molecule has 10 heteroatoms.